The molecule has 0 unspecified atom stereocenters. The Hall–Kier alpha value is -0.950. The first-order chi connectivity index (χ1) is 8.19. The van der Waals surface area contributed by atoms with Crippen LogP contribution in [0.5, 0.6) is 0 Å². The molecule has 0 amide bonds. The summed E-state index contributed by atoms with van der Waals surface area (Å²) in [5, 5.41) is 4.56. The second-order valence-corrected chi connectivity index (χ2v) is 4.89. The van der Waals surface area contributed by atoms with Crippen molar-refractivity contribution < 1.29 is 9.53 Å². The van der Waals surface area contributed by atoms with Crippen molar-refractivity contribution in [1.29, 1.82) is 0 Å². The highest BCUT2D eigenvalue weighted by Gasteiger charge is 2.05. The minimum absolute atomic E-state index is 0.203. The molecular formula is C10H15N3O2S2. The highest BCUT2D eigenvalue weighted by Crippen LogP contribution is 2.22. The number of carbonyl (C=O) groups excluding carboxylic acids is 1. The van der Waals surface area contributed by atoms with Crippen LogP contribution in [0.3, 0.4) is 0 Å². The number of rotatable bonds is 6. The van der Waals surface area contributed by atoms with Crippen molar-refractivity contribution >= 4 is 35.3 Å². The highest BCUT2D eigenvalue weighted by molar-refractivity contribution is 7.99. The average molecular weight is 273 g/mol. The van der Waals surface area contributed by atoms with Gasteiger partial charge in [0.25, 0.3) is 0 Å². The van der Waals surface area contributed by atoms with E-state index in [0.29, 0.717) is 12.2 Å². The van der Waals surface area contributed by atoms with Gasteiger partial charge in [0.05, 0.1) is 13.5 Å². The minimum Gasteiger partial charge on any atom is -0.469 e. The molecule has 1 N–H and O–H groups in total. The molecule has 0 saturated carbocycles. The topological polar surface area (TPSA) is 64.1 Å². The van der Waals surface area contributed by atoms with Crippen LogP contribution in [-0.2, 0) is 9.53 Å². The first-order valence-corrected chi connectivity index (χ1v) is 7.21. The van der Waals surface area contributed by atoms with Gasteiger partial charge in [-0.15, -0.1) is 11.8 Å². The zero-order valence-electron chi connectivity index (χ0n) is 10.0. The van der Waals surface area contributed by atoms with Crippen molar-refractivity contribution in [3.63, 3.8) is 0 Å². The zero-order valence-corrected chi connectivity index (χ0v) is 11.7. The van der Waals surface area contributed by atoms with E-state index in [-0.39, 0.29) is 5.97 Å². The number of aromatic nitrogens is 2. The number of anilines is 1. The van der Waals surface area contributed by atoms with E-state index in [1.54, 1.807) is 0 Å². The van der Waals surface area contributed by atoms with Crippen LogP contribution in [0.25, 0.3) is 0 Å². The van der Waals surface area contributed by atoms with Crippen molar-refractivity contribution in [1.82, 2.24) is 9.97 Å². The Morgan fingerprint density at radius 1 is 1.53 bits per heavy atom. The summed E-state index contributed by atoms with van der Waals surface area (Å²) in [7, 11) is 3.21. The van der Waals surface area contributed by atoms with E-state index in [0.717, 1.165) is 16.0 Å². The maximum absolute atomic E-state index is 11.0. The van der Waals surface area contributed by atoms with Crippen molar-refractivity contribution in [2.45, 2.75) is 16.6 Å². The number of thioether (sulfide) groups is 2. The van der Waals surface area contributed by atoms with E-state index in [2.05, 4.69) is 20.0 Å². The Morgan fingerprint density at radius 3 is 2.88 bits per heavy atom. The molecule has 0 fully saturated rings. The van der Waals surface area contributed by atoms with Gasteiger partial charge in [0.15, 0.2) is 5.16 Å². The van der Waals surface area contributed by atoms with Crippen LogP contribution in [0.2, 0.25) is 0 Å². The molecule has 17 heavy (non-hydrogen) atoms. The molecule has 0 saturated heterocycles. The lowest BCUT2D eigenvalue weighted by Crippen LogP contribution is -2.02. The number of carbonyl (C=O) groups is 1. The maximum Gasteiger partial charge on any atom is 0.306 e. The SMILES string of the molecule is CNc1cc(SCCC(=O)OC)nc(SC)n1. The van der Waals surface area contributed by atoms with Gasteiger partial charge in [-0.25, -0.2) is 9.97 Å². The lowest BCUT2D eigenvalue weighted by atomic mass is 10.5. The van der Waals surface area contributed by atoms with Crippen molar-refractivity contribution in [2.75, 3.05) is 31.5 Å². The van der Waals surface area contributed by atoms with Crippen molar-refractivity contribution in [3.05, 3.63) is 6.07 Å². The van der Waals surface area contributed by atoms with Gasteiger partial charge >= 0.3 is 5.97 Å². The van der Waals surface area contributed by atoms with E-state index in [1.807, 2.05) is 19.4 Å². The molecule has 0 aliphatic heterocycles. The molecule has 7 heteroatoms. The predicted octanol–water partition coefficient (Wildman–Crippen LogP) is 1.90. The van der Waals surface area contributed by atoms with Crippen LogP contribution >= 0.6 is 23.5 Å². The molecule has 0 radical (unpaired) electrons. The van der Waals surface area contributed by atoms with E-state index in [1.165, 1.54) is 30.6 Å². The van der Waals surface area contributed by atoms with Gasteiger partial charge < -0.3 is 10.1 Å². The van der Waals surface area contributed by atoms with E-state index in [9.17, 15) is 4.79 Å². The summed E-state index contributed by atoms with van der Waals surface area (Å²) in [4.78, 5) is 19.6. The molecule has 5 nitrogen and oxygen atoms in total. The molecule has 0 aliphatic carbocycles. The average Bonchev–Trinajstić information content (AvgIpc) is 2.37. The number of methoxy groups -OCH3 is 1. The number of esters is 1. The number of nitrogens with zero attached hydrogens (tertiary/aromatic N) is 2. The summed E-state index contributed by atoms with van der Waals surface area (Å²) in [6.45, 7) is 0. The number of hydrogen-bond donors (Lipinski definition) is 1. The second-order valence-electron chi connectivity index (χ2n) is 3.00. The van der Waals surface area contributed by atoms with Gasteiger partial charge in [0.1, 0.15) is 10.8 Å². The highest BCUT2D eigenvalue weighted by atomic mass is 32.2. The zero-order chi connectivity index (χ0) is 12.7. The fourth-order valence-electron chi connectivity index (χ4n) is 1.04. The number of ether oxygens (including phenoxy) is 1. The van der Waals surface area contributed by atoms with Gasteiger partial charge in [0.2, 0.25) is 0 Å². The summed E-state index contributed by atoms with van der Waals surface area (Å²) in [5.41, 5.74) is 0. The maximum atomic E-state index is 11.0. The van der Waals surface area contributed by atoms with Gasteiger partial charge in [0, 0.05) is 18.9 Å². The lowest BCUT2D eigenvalue weighted by Gasteiger charge is -2.05. The van der Waals surface area contributed by atoms with Crippen LogP contribution in [0.15, 0.2) is 16.2 Å². The molecule has 1 aromatic rings. The third kappa shape index (κ3) is 4.82. The van der Waals surface area contributed by atoms with Gasteiger partial charge in [-0.2, -0.15) is 0 Å². The fraction of sp³-hybridized carbons (Fsp3) is 0.500. The van der Waals surface area contributed by atoms with Gasteiger partial charge in [-0.3, -0.25) is 4.79 Å². The molecule has 0 spiro atoms. The molecule has 0 atom stereocenters. The molecule has 0 aliphatic rings. The molecular weight excluding hydrogens is 258 g/mol. The largest absolute Gasteiger partial charge is 0.469 e. The molecule has 94 valence electrons. The second kappa shape index (κ2) is 7.39. The normalized spacial score (nSPS) is 10.1. The molecule has 0 aromatic carbocycles. The summed E-state index contributed by atoms with van der Waals surface area (Å²) in [5.74, 6) is 1.23. The molecule has 1 rings (SSSR count). The summed E-state index contributed by atoms with van der Waals surface area (Å²) < 4.78 is 4.58. The van der Waals surface area contributed by atoms with Gasteiger partial charge in [-0.05, 0) is 6.26 Å². The summed E-state index contributed by atoms with van der Waals surface area (Å²) >= 11 is 3.01. The third-order valence-corrected chi connectivity index (χ3v) is 3.37. The third-order valence-electron chi connectivity index (χ3n) is 1.90. The van der Waals surface area contributed by atoms with Crippen LogP contribution < -0.4 is 5.32 Å². The fourth-order valence-corrected chi connectivity index (χ4v) is 2.30. The standard InChI is InChI=1S/C10H15N3O2S2/c1-11-7-6-8(13-10(12-7)16-3)17-5-4-9(14)15-2/h6H,4-5H2,1-3H3,(H,11,12,13). The van der Waals surface area contributed by atoms with E-state index < -0.39 is 0 Å². The Balaban J connectivity index is 2.60. The van der Waals surface area contributed by atoms with Crippen molar-refractivity contribution in [2.24, 2.45) is 0 Å². The molecule has 0 bridgehead atoms. The number of nitrogens with one attached hydrogen (secondary N) is 1. The Kier molecular flexibility index (Phi) is 6.13. The van der Waals surface area contributed by atoms with Crippen LogP contribution in [0.4, 0.5) is 5.82 Å². The molecule has 1 aromatic heterocycles. The number of hydrogen-bond acceptors (Lipinski definition) is 7. The predicted molar refractivity (Wildman–Crippen MR) is 70.7 cm³/mol. The Morgan fingerprint density at radius 2 is 2.29 bits per heavy atom. The summed E-state index contributed by atoms with van der Waals surface area (Å²) in [6.07, 6.45) is 2.31. The minimum atomic E-state index is -0.203. The lowest BCUT2D eigenvalue weighted by molar-refractivity contribution is -0.140. The molecule has 1 heterocycles. The Bertz CT molecular complexity index is 366. The summed E-state index contributed by atoms with van der Waals surface area (Å²) in [6, 6.07) is 1.86. The van der Waals surface area contributed by atoms with Crippen molar-refractivity contribution in [3.8, 4) is 0 Å². The first-order valence-electron chi connectivity index (χ1n) is 5.00. The quantitative estimate of drug-likeness (QED) is 0.367. The first kappa shape index (κ1) is 14.1. The van der Waals surface area contributed by atoms with Crippen LogP contribution in [-0.4, -0.2) is 42.1 Å². The monoisotopic (exact) mass is 273 g/mol. The van der Waals surface area contributed by atoms with E-state index in [4.69, 9.17) is 0 Å². The smallest absolute Gasteiger partial charge is 0.306 e. The van der Waals surface area contributed by atoms with Crippen LogP contribution in [0.1, 0.15) is 6.42 Å². The van der Waals surface area contributed by atoms with Gasteiger partial charge in [-0.1, -0.05) is 11.8 Å². The van der Waals surface area contributed by atoms with E-state index >= 15 is 0 Å². The van der Waals surface area contributed by atoms with Crippen LogP contribution in [0, 0.1) is 0 Å². The Labute approximate surface area is 109 Å².